The number of rotatable bonds is 6. The first kappa shape index (κ1) is 16.8. The minimum absolute atomic E-state index is 0.0711. The van der Waals surface area contributed by atoms with E-state index in [-0.39, 0.29) is 6.04 Å². The van der Waals surface area contributed by atoms with Gasteiger partial charge in [0.25, 0.3) is 0 Å². The molecule has 0 bridgehead atoms. The van der Waals surface area contributed by atoms with E-state index in [0.29, 0.717) is 0 Å². The summed E-state index contributed by atoms with van der Waals surface area (Å²) in [6.45, 7) is 0. The molecule has 124 valence electrons. The zero-order valence-electron chi connectivity index (χ0n) is 14.1. The lowest BCUT2D eigenvalue weighted by Gasteiger charge is -2.23. The second kappa shape index (κ2) is 8.14. The molecule has 0 amide bonds. The third-order valence-electron chi connectivity index (χ3n) is 4.16. The zero-order chi connectivity index (χ0) is 17.5. The first-order valence-corrected chi connectivity index (χ1v) is 8.21. The van der Waals surface area contributed by atoms with Crippen molar-refractivity contribution >= 4 is 0 Å². The van der Waals surface area contributed by atoms with Crippen LogP contribution in [0.5, 0.6) is 5.75 Å². The Bertz CT molecular complexity index is 801. The Hall–Kier alpha value is -3.09. The van der Waals surface area contributed by atoms with Gasteiger partial charge in [-0.3, -0.25) is 5.32 Å². The van der Waals surface area contributed by atoms with Gasteiger partial charge in [0.2, 0.25) is 0 Å². The second-order valence-corrected chi connectivity index (χ2v) is 5.76. The SMILES string of the molecule is COc1cccc([C@H](C#N)NC(c2ccccc2)c2ccccc2)c1. The highest BCUT2D eigenvalue weighted by atomic mass is 16.5. The van der Waals surface area contributed by atoms with E-state index in [2.05, 4.69) is 35.7 Å². The van der Waals surface area contributed by atoms with Crippen molar-refractivity contribution in [3.8, 4) is 11.8 Å². The van der Waals surface area contributed by atoms with Crippen molar-refractivity contribution in [2.24, 2.45) is 0 Å². The van der Waals surface area contributed by atoms with E-state index >= 15 is 0 Å². The van der Waals surface area contributed by atoms with Crippen molar-refractivity contribution in [3.63, 3.8) is 0 Å². The number of hydrogen-bond acceptors (Lipinski definition) is 3. The molecular weight excluding hydrogens is 308 g/mol. The fourth-order valence-electron chi connectivity index (χ4n) is 2.87. The van der Waals surface area contributed by atoms with Crippen LogP contribution in [0.15, 0.2) is 84.9 Å². The Labute approximate surface area is 148 Å². The van der Waals surface area contributed by atoms with E-state index in [9.17, 15) is 5.26 Å². The van der Waals surface area contributed by atoms with Crippen LogP contribution in [-0.4, -0.2) is 7.11 Å². The fraction of sp³-hybridized carbons (Fsp3) is 0.136. The summed E-state index contributed by atoms with van der Waals surface area (Å²) in [6, 6.07) is 29.8. The maximum atomic E-state index is 9.73. The van der Waals surface area contributed by atoms with Gasteiger partial charge >= 0.3 is 0 Å². The number of methoxy groups -OCH3 is 1. The third-order valence-corrected chi connectivity index (χ3v) is 4.16. The first-order chi connectivity index (χ1) is 12.3. The lowest BCUT2D eigenvalue weighted by molar-refractivity contribution is 0.413. The topological polar surface area (TPSA) is 45.0 Å². The van der Waals surface area contributed by atoms with Gasteiger partial charge < -0.3 is 4.74 Å². The van der Waals surface area contributed by atoms with Crippen molar-refractivity contribution in [1.29, 1.82) is 5.26 Å². The van der Waals surface area contributed by atoms with Crippen LogP contribution >= 0.6 is 0 Å². The molecule has 25 heavy (non-hydrogen) atoms. The molecule has 0 aliphatic carbocycles. The van der Waals surface area contributed by atoms with E-state index in [1.165, 1.54) is 0 Å². The molecule has 0 fully saturated rings. The molecule has 3 nitrogen and oxygen atoms in total. The van der Waals surface area contributed by atoms with Gasteiger partial charge in [-0.1, -0.05) is 72.8 Å². The Balaban J connectivity index is 1.95. The molecule has 0 saturated carbocycles. The van der Waals surface area contributed by atoms with Gasteiger partial charge in [-0.15, -0.1) is 0 Å². The van der Waals surface area contributed by atoms with E-state index in [4.69, 9.17) is 4.74 Å². The van der Waals surface area contributed by atoms with Crippen LogP contribution in [0.1, 0.15) is 28.8 Å². The molecule has 1 N–H and O–H groups in total. The largest absolute Gasteiger partial charge is 0.497 e. The Morgan fingerprint density at radius 3 is 1.88 bits per heavy atom. The van der Waals surface area contributed by atoms with E-state index < -0.39 is 6.04 Å². The third kappa shape index (κ3) is 4.06. The average molecular weight is 328 g/mol. The molecule has 0 aliphatic heterocycles. The maximum Gasteiger partial charge on any atom is 0.122 e. The fourth-order valence-corrected chi connectivity index (χ4v) is 2.87. The van der Waals surface area contributed by atoms with Crippen LogP contribution in [-0.2, 0) is 0 Å². The minimum atomic E-state index is -0.444. The van der Waals surface area contributed by atoms with Gasteiger partial charge in [0.05, 0.1) is 19.2 Å². The summed E-state index contributed by atoms with van der Waals surface area (Å²) in [5, 5.41) is 13.2. The van der Waals surface area contributed by atoms with Crippen LogP contribution in [0, 0.1) is 11.3 Å². The number of nitrogens with one attached hydrogen (secondary N) is 1. The first-order valence-electron chi connectivity index (χ1n) is 8.21. The quantitative estimate of drug-likeness (QED) is 0.717. The summed E-state index contributed by atoms with van der Waals surface area (Å²) in [5.41, 5.74) is 3.13. The molecule has 0 aromatic heterocycles. The lowest BCUT2D eigenvalue weighted by Crippen LogP contribution is -2.26. The molecule has 3 aromatic carbocycles. The van der Waals surface area contributed by atoms with Crippen LogP contribution in [0.3, 0.4) is 0 Å². The van der Waals surface area contributed by atoms with Crippen LogP contribution in [0.2, 0.25) is 0 Å². The minimum Gasteiger partial charge on any atom is -0.497 e. The van der Waals surface area contributed by atoms with Crippen LogP contribution < -0.4 is 10.1 Å². The summed E-state index contributed by atoms with van der Waals surface area (Å²) in [7, 11) is 1.63. The molecule has 0 spiro atoms. The molecule has 0 radical (unpaired) electrons. The zero-order valence-corrected chi connectivity index (χ0v) is 14.1. The summed E-state index contributed by atoms with van der Waals surface area (Å²) < 4.78 is 5.29. The highest BCUT2D eigenvalue weighted by Crippen LogP contribution is 2.27. The molecule has 3 heteroatoms. The highest BCUT2D eigenvalue weighted by molar-refractivity contribution is 5.36. The van der Waals surface area contributed by atoms with E-state index in [0.717, 1.165) is 22.4 Å². The number of ether oxygens (including phenoxy) is 1. The number of nitriles is 1. The predicted molar refractivity (Wildman–Crippen MR) is 99.2 cm³/mol. The normalized spacial score (nSPS) is 11.7. The summed E-state index contributed by atoms with van der Waals surface area (Å²) in [6.07, 6.45) is 0. The van der Waals surface area contributed by atoms with Gasteiger partial charge in [-0.05, 0) is 28.8 Å². The Kier molecular flexibility index (Phi) is 5.46. The molecule has 0 aliphatic rings. The summed E-state index contributed by atoms with van der Waals surface area (Å²) in [4.78, 5) is 0. The van der Waals surface area contributed by atoms with Gasteiger partial charge in [-0.25, -0.2) is 0 Å². The van der Waals surface area contributed by atoms with Crippen molar-refractivity contribution in [2.45, 2.75) is 12.1 Å². The van der Waals surface area contributed by atoms with Crippen molar-refractivity contribution in [3.05, 3.63) is 102 Å². The van der Waals surface area contributed by atoms with E-state index in [1.807, 2.05) is 60.7 Å². The molecule has 3 aromatic rings. The standard InChI is InChI=1S/C22H20N2O/c1-25-20-14-8-13-19(15-20)21(16-23)24-22(17-9-4-2-5-10-17)18-11-6-3-7-12-18/h2-15,21-22,24H,1H3/t21-/m0/s1. The number of benzene rings is 3. The summed E-state index contributed by atoms with van der Waals surface area (Å²) >= 11 is 0. The molecule has 3 rings (SSSR count). The molecule has 0 unspecified atom stereocenters. The summed E-state index contributed by atoms with van der Waals surface area (Å²) in [5.74, 6) is 0.746. The van der Waals surface area contributed by atoms with Crippen molar-refractivity contribution < 1.29 is 4.74 Å². The van der Waals surface area contributed by atoms with Crippen LogP contribution in [0.25, 0.3) is 0 Å². The second-order valence-electron chi connectivity index (χ2n) is 5.76. The monoisotopic (exact) mass is 328 g/mol. The maximum absolute atomic E-state index is 9.73. The van der Waals surface area contributed by atoms with Crippen molar-refractivity contribution in [2.75, 3.05) is 7.11 Å². The number of hydrogen-bond donors (Lipinski definition) is 1. The average Bonchev–Trinajstić information content (AvgIpc) is 2.70. The molecule has 0 heterocycles. The van der Waals surface area contributed by atoms with E-state index in [1.54, 1.807) is 7.11 Å². The smallest absolute Gasteiger partial charge is 0.122 e. The Morgan fingerprint density at radius 2 is 1.36 bits per heavy atom. The molecular formula is C22H20N2O. The van der Waals surface area contributed by atoms with Crippen molar-refractivity contribution in [1.82, 2.24) is 5.32 Å². The Morgan fingerprint density at radius 1 is 0.800 bits per heavy atom. The van der Waals surface area contributed by atoms with Gasteiger partial charge in [0.15, 0.2) is 0 Å². The molecule has 0 saturated heterocycles. The number of nitrogens with zero attached hydrogens (tertiary/aromatic N) is 1. The highest BCUT2D eigenvalue weighted by Gasteiger charge is 2.20. The van der Waals surface area contributed by atoms with Crippen LogP contribution in [0.4, 0.5) is 0 Å². The van der Waals surface area contributed by atoms with Gasteiger partial charge in [0.1, 0.15) is 11.8 Å². The van der Waals surface area contributed by atoms with Gasteiger partial charge in [-0.2, -0.15) is 5.26 Å². The lowest BCUT2D eigenvalue weighted by atomic mass is 9.96. The van der Waals surface area contributed by atoms with Gasteiger partial charge in [0, 0.05) is 0 Å². The predicted octanol–water partition coefficient (Wildman–Crippen LogP) is 4.64. The molecule has 1 atom stereocenters.